The van der Waals surface area contributed by atoms with Crippen LogP contribution in [0.15, 0.2) is 42.7 Å². The molecule has 0 unspecified atom stereocenters. The molecule has 1 aliphatic rings. The minimum atomic E-state index is -0.229. The summed E-state index contributed by atoms with van der Waals surface area (Å²) in [4.78, 5) is 17.0. The van der Waals surface area contributed by atoms with E-state index in [2.05, 4.69) is 10.3 Å². The van der Waals surface area contributed by atoms with E-state index in [0.717, 1.165) is 11.3 Å². The second-order valence-corrected chi connectivity index (χ2v) is 5.58. The lowest BCUT2D eigenvalue weighted by Crippen LogP contribution is -2.24. The van der Waals surface area contributed by atoms with Crippen molar-refractivity contribution >= 4 is 11.6 Å². The Balaban J connectivity index is 1.52. The van der Waals surface area contributed by atoms with Gasteiger partial charge in [0.15, 0.2) is 11.5 Å². The molecule has 0 aliphatic carbocycles. The number of rotatable bonds is 4. The Bertz CT molecular complexity index is 885. The number of methoxy groups -OCH3 is 1. The SMILES string of the molecule is COc1cc(C(=O)NCc2cn3ccccc3n2)cc2c1OCCO2. The molecular weight excluding hydrogens is 322 g/mol. The molecular formula is C18H17N3O4. The van der Waals surface area contributed by atoms with Crippen LogP contribution in [0.1, 0.15) is 16.1 Å². The fourth-order valence-corrected chi connectivity index (χ4v) is 2.75. The van der Waals surface area contributed by atoms with Crippen LogP contribution in [0.4, 0.5) is 0 Å². The summed E-state index contributed by atoms with van der Waals surface area (Å²) in [5.74, 6) is 1.30. The van der Waals surface area contributed by atoms with Crippen molar-refractivity contribution in [2.75, 3.05) is 20.3 Å². The van der Waals surface area contributed by atoms with Gasteiger partial charge in [-0.3, -0.25) is 4.79 Å². The summed E-state index contributed by atoms with van der Waals surface area (Å²) in [5.41, 5.74) is 2.07. The zero-order valence-corrected chi connectivity index (χ0v) is 13.7. The Morgan fingerprint density at radius 3 is 3.04 bits per heavy atom. The molecule has 2 aromatic heterocycles. The van der Waals surface area contributed by atoms with E-state index < -0.39 is 0 Å². The second kappa shape index (κ2) is 6.35. The third-order valence-electron chi connectivity index (χ3n) is 3.93. The fourth-order valence-electron chi connectivity index (χ4n) is 2.75. The van der Waals surface area contributed by atoms with Crippen LogP contribution < -0.4 is 19.5 Å². The van der Waals surface area contributed by atoms with E-state index in [-0.39, 0.29) is 5.91 Å². The summed E-state index contributed by atoms with van der Waals surface area (Å²) in [6.45, 7) is 1.24. The summed E-state index contributed by atoms with van der Waals surface area (Å²) in [6, 6.07) is 9.07. The van der Waals surface area contributed by atoms with Gasteiger partial charge >= 0.3 is 0 Å². The number of carbonyl (C=O) groups excluding carboxylic acids is 1. The zero-order valence-electron chi connectivity index (χ0n) is 13.7. The second-order valence-electron chi connectivity index (χ2n) is 5.58. The molecule has 0 radical (unpaired) electrons. The highest BCUT2D eigenvalue weighted by Crippen LogP contribution is 2.40. The predicted molar refractivity (Wildman–Crippen MR) is 90.3 cm³/mol. The average molecular weight is 339 g/mol. The molecule has 0 saturated carbocycles. The molecule has 1 aliphatic heterocycles. The molecule has 3 heterocycles. The number of imidazole rings is 1. The van der Waals surface area contributed by atoms with Crippen LogP contribution >= 0.6 is 0 Å². The number of carbonyl (C=O) groups is 1. The summed E-state index contributed by atoms with van der Waals surface area (Å²) in [5, 5.41) is 2.87. The molecule has 0 fully saturated rings. The van der Waals surface area contributed by atoms with E-state index in [1.54, 1.807) is 12.1 Å². The first-order chi connectivity index (χ1) is 12.2. The fraction of sp³-hybridized carbons (Fsp3) is 0.222. The van der Waals surface area contributed by atoms with Gasteiger partial charge in [-0.2, -0.15) is 0 Å². The summed E-state index contributed by atoms with van der Waals surface area (Å²) < 4.78 is 18.3. The highest BCUT2D eigenvalue weighted by atomic mass is 16.6. The van der Waals surface area contributed by atoms with Gasteiger partial charge in [0.2, 0.25) is 5.75 Å². The minimum Gasteiger partial charge on any atom is -0.493 e. The predicted octanol–water partition coefficient (Wildman–Crippen LogP) is 2.04. The topological polar surface area (TPSA) is 74.1 Å². The Kier molecular flexibility index (Phi) is 3.89. The van der Waals surface area contributed by atoms with Gasteiger partial charge < -0.3 is 23.9 Å². The van der Waals surface area contributed by atoms with Crippen LogP contribution in [0.3, 0.4) is 0 Å². The Morgan fingerprint density at radius 1 is 1.32 bits per heavy atom. The number of amides is 1. The third kappa shape index (κ3) is 2.96. The lowest BCUT2D eigenvalue weighted by Gasteiger charge is -2.21. The molecule has 0 spiro atoms. The average Bonchev–Trinajstić information content (AvgIpc) is 3.08. The van der Waals surface area contributed by atoms with Gasteiger partial charge in [-0.25, -0.2) is 4.98 Å². The van der Waals surface area contributed by atoms with E-state index in [1.807, 2.05) is 35.0 Å². The van der Waals surface area contributed by atoms with Gasteiger partial charge in [-0.1, -0.05) is 6.07 Å². The first-order valence-electron chi connectivity index (χ1n) is 7.93. The number of nitrogens with one attached hydrogen (secondary N) is 1. The van der Waals surface area contributed by atoms with Crippen LogP contribution in [0.2, 0.25) is 0 Å². The lowest BCUT2D eigenvalue weighted by atomic mass is 10.1. The normalized spacial score (nSPS) is 12.8. The number of fused-ring (bicyclic) bond motifs is 2. The largest absolute Gasteiger partial charge is 0.493 e. The standard InChI is InChI=1S/C18H17N3O4/c1-23-14-8-12(9-15-17(14)25-7-6-24-15)18(22)19-10-13-11-21-5-3-2-4-16(21)20-13/h2-5,8-9,11H,6-7,10H2,1H3,(H,19,22). The molecule has 0 saturated heterocycles. The summed E-state index contributed by atoms with van der Waals surface area (Å²) in [7, 11) is 1.53. The lowest BCUT2D eigenvalue weighted by molar-refractivity contribution is 0.0948. The molecule has 7 heteroatoms. The van der Waals surface area contributed by atoms with Crippen molar-refractivity contribution in [1.82, 2.24) is 14.7 Å². The maximum absolute atomic E-state index is 12.5. The minimum absolute atomic E-state index is 0.229. The van der Waals surface area contributed by atoms with E-state index in [4.69, 9.17) is 14.2 Å². The molecule has 0 atom stereocenters. The number of ether oxygens (including phenoxy) is 3. The molecule has 1 N–H and O–H groups in total. The van der Waals surface area contributed by atoms with Crippen LogP contribution in [0, 0.1) is 0 Å². The number of pyridine rings is 1. The van der Waals surface area contributed by atoms with E-state index in [0.29, 0.717) is 42.6 Å². The van der Waals surface area contributed by atoms with Crippen molar-refractivity contribution in [2.45, 2.75) is 6.54 Å². The Morgan fingerprint density at radius 2 is 2.20 bits per heavy atom. The van der Waals surface area contributed by atoms with Gasteiger partial charge in [0.1, 0.15) is 18.9 Å². The molecule has 128 valence electrons. The molecule has 3 aromatic rings. The number of aromatic nitrogens is 2. The van der Waals surface area contributed by atoms with Gasteiger partial charge in [0.05, 0.1) is 19.3 Å². The monoisotopic (exact) mass is 339 g/mol. The number of nitrogens with zero attached hydrogens (tertiary/aromatic N) is 2. The van der Waals surface area contributed by atoms with Crippen LogP contribution in [0.25, 0.3) is 5.65 Å². The highest BCUT2D eigenvalue weighted by Gasteiger charge is 2.20. The van der Waals surface area contributed by atoms with Crippen LogP contribution in [0.5, 0.6) is 17.2 Å². The Hall–Kier alpha value is -3.22. The zero-order chi connectivity index (χ0) is 17.2. The summed E-state index contributed by atoms with van der Waals surface area (Å²) >= 11 is 0. The van der Waals surface area contributed by atoms with Crippen molar-refractivity contribution in [3.8, 4) is 17.2 Å². The number of hydrogen-bond donors (Lipinski definition) is 1. The van der Waals surface area contributed by atoms with Gasteiger partial charge in [0, 0.05) is 18.0 Å². The highest BCUT2D eigenvalue weighted by molar-refractivity contribution is 5.95. The van der Waals surface area contributed by atoms with Crippen LogP contribution in [-0.4, -0.2) is 35.6 Å². The van der Waals surface area contributed by atoms with E-state index >= 15 is 0 Å². The van der Waals surface area contributed by atoms with Gasteiger partial charge in [-0.05, 0) is 24.3 Å². The smallest absolute Gasteiger partial charge is 0.251 e. The maximum Gasteiger partial charge on any atom is 0.251 e. The van der Waals surface area contributed by atoms with Crippen molar-refractivity contribution in [3.05, 3.63) is 54.0 Å². The molecule has 25 heavy (non-hydrogen) atoms. The number of hydrogen-bond acceptors (Lipinski definition) is 5. The molecule has 4 rings (SSSR count). The van der Waals surface area contributed by atoms with Crippen molar-refractivity contribution < 1.29 is 19.0 Å². The first-order valence-corrected chi connectivity index (χ1v) is 7.93. The van der Waals surface area contributed by atoms with Gasteiger partial charge in [-0.15, -0.1) is 0 Å². The quantitative estimate of drug-likeness (QED) is 0.787. The Labute approximate surface area is 144 Å². The molecule has 0 bridgehead atoms. The van der Waals surface area contributed by atoms with Crippen LogP contribution in [-0.2, 0) is 6.54 Å². The van der Waals surface area contributed by atoms with Crippen molar-refractivity contribution in [2.24, 2.45) is 0 Å². The molecule has 1 aromatic carbocycles. The number of benzene rings is 1. The van der Waals surface area contributed by atoms with Crippen molar-refractivity contribution in [3.63, 3.8) is 0 Å². The van der Waals surface area contributed by atoms with E-state index in [9.17, 15) is 4.79 Å². The third-order valence-corrected chi connectivity index (χ3v) is 3.93. The molecule has 7 nitrogen and oxygen atoms in total. The first kappa shape index (κ1) is 15.3. The maximum atomic E-state index is 12.5. The summed E-state index contributed by atoms with van der Waals surface area (Å²) in [6.07, 6.45) is 3.80. The molecule has 1 amide bonds. The van der Waals surface area contributed by atoms with Gasteiger partial charge in [0.25, 0.3) is 5.91 Å². The van der Waals surface area contributed by atoms with E-state index in [1.165, 1.54) is 7.11 Å². The van der Waals surface area contributed by atoms with Crippen molar-refractivity contribution in [1.29, 1.82) is 0 Å².